The topological polar surface area (TPSA) is 93.4 Å². The lowest BCUT2D eigenvalue weighted by Gasteiger charge is -2.14. The van der Waals surface area contributed by atoms with Crippen molar-refractivity contribution in [2.24, 2.45) is 0 Å². The Hall–Kier alpha value is -3.00. The Morgan fingerprint density at radius 1 is 1.07 bits per heavy atom. The van der Waals surface area contributed by atoms with E-state index in [1.54, 1.807) is 23.1 Å². The first kappa shape index (κ1) is 18.4. The van der Waals surface area contributed by atoms with Gasteiger partial charge in [0.25, 0.3) is 0 Å². The first-order valence-corrected chi connectivity index (χ1v) is 10.6. The number of hydrogen-bond acceptors (Lipinski definition) is 6. The summed E-state index contributed by atoms with van der Waals surface area (Å²) >= 11 is 0. The second kappa shape index (κ2) is 7.55. The van der Waals surface area contributed by atoms with Gasteiger partial charge in [-0.2, -0.15) is 4.98 Å². The Balaban J connectivity index is 1.44. The SMILES string of the molecule is O=C(c1nc(CS(=O)(=O)c2ccccc2)no1)N1CC[C@H](c2ccccc2)C1. The highest BCUT2D eigenvalue weighted by atomic mass is 32.2. The van der Waals surface area contributed by atoms with Gasteiger partial charge in [-0.3, -0.25) is 4.79 Å². The lowest BCUT2D eigenvalue weighted by atomic mass is 9.99. The van der Waals surface area contributed by atoms with Crippen LogP contribution in [0.4, 0.5) is 0 Å². The minimum atomic E-state index is -3.60. The number of carbonyl (C=O) groups excluding carboxylic acids is 1. The van der Waals surface area contributed by atoms with Crippen LogP contribution in [0.3, 0.4) is 0 Å². The highest BCUT2D eigenvalue weighted by Crippen LogP contribution is 2.27. The summed E-state index contributed by atoms with van der Waals surface area (Å²) in [4.78, 5) is 18.5. The van der Waals surface area contributed by atoms with E-state index < -0.39 is 15.6 Å². The van der Waals surface area contributed by atoms with Gasteiger partial charge in [0.1, 0.15) is 5.75 Å². The second-order valence-corrected chi connectivity index (χ2v) is 8.72. The molecule has 0 aliphatic carbocycles. The van der Waals surface area contributed by atoms with E-state index in [0.29, 0.717) is 13.1 Å². The smallest absolute Gasteiger partial charge is 0.316 e. The number of carbonyl (C=O) groups is 1. The summed E-state index contributed by atoms with van der Waals surface area (Å²) in [7, 11) is -3.60. The molecule has 0 N–H and O–H groups in total. The highest BCUT2D eigenvalue weighted by molar-refractivity contribution is 7.90. The fourth-order valence-corrected chi connectivity index (χ4v) is 4.55. The monoisotopic (exact) mass is 397 g/mol. The molecule has 3 aromatic rings. The van der Waals surface area contributed by atoms with Crippen molar-refractivity contribution in [1.82, 2.24) is 15.0 Å². The highest BCUT2D eigenvalue weighted by Gasteiger charge is 2.31. The molecule has 0 bridgehead atoms. The van der Waals surface area contributed by atoms with Gasteiger partial charge in [-0.05, 0) is 24.1 Å². The molecule has 1 fully saturated rings. The van der Waals surface area contributed by atoms with Crippen molar-refractivity contribution < 1.29 is 17.7 Å². The molecule has 0 saturated carbocycles. The number of hydrogen-bond donors (Lipinski definition) is 0. The molecule has 28 heavy (non-hydrogen) atoms. The second-order valence-electron chi connectivity index (χ2n) is 6.74. The zero-order valence-corrected chi connectivity index (χ0v) is 15.9. The Bertz CT molecular complexity index is 1070. The number of sulfone groups is 1. The van der Waals surface area contributed by atoms with E-state index in [4.69, 9.17) is 4.52 Å². The van der Waals surface area contributed by atoms with Gasteiger partial charge in [0.15, 0.2) is 15.7 Å². The van der Waals surface area contributed by atoms with E-state index in [1.807, 2.05) is 18.2 Å². The average Bonchev–Trinajstić information content (AvgIpc) is 3.38. The van der Waals surface area contributed by atoms with Crippen molar-refractivity contribution in [3.05, 3.63) is 77.9 Å². The molecule has 0 unspecified atom stereocenters. The molecule has 1 aliphatic heterocycles. The molecule has 7 nitrogen and oxygen atoms in total. The summed E-state index contributed by atoms with van der Waals surface area (Å²) in [6.07, 6.45) is 0.860. The number of aromatic nitrogens is 2. The minimum Gasteiger partial charge on any atom is -0.334 e. The van der Waals surface area contributed by atoms with Crippen LogP contribution < -0.4 is 0 Å². The van der Waals surface area contributed by atoms with E-state index in [1.165, 1.54) is 17.7 Å². The van der Waals surface area contributed by atoms with Gasteiger partial charge in [0, 0.05) is 19.0 Å². The summed E-state index contributed by atoms with van der Waals surface area (Å²) in [5.74, 6) is -0.710. The third-order valence-corrected chi connectivity index (χ3v) is 6.45. The van der Waals surface area contributed by atoms with Gasteiger partial charge in [0.05, 0.1) is 4.90 Å². The number of rotatable bonds is 5. The molecule has 1 atom stereocenters. The Morgan fingerprint density at radius 3 is 2.46 bits per heavy atom. The standard InChI is InChI=1S/C20H19N3O4S/c24-20(23-12-11-16(13-23)15-7-3-1-4-8-15)19-21-18(22-27-19)14-28(25,26)17-9-5-2-6-10-17/h1-10,16H,11-14H2/t16-/m0/s1. The van der Waals surface area contributed by atoms with Gasteiger partial charge in [-0.25, -0.2) is 8.42 Å². The molecule has 0 radical (unpaired) electrons. The summed E-state index contributed by atoms with van der Waals surface area (Å²) < 4.78 is 29.9. The van der Waals surface area contributed by atoms with E-state index in [-0.39, 0.29) is 28.4 Å². The van der Waals surface area contributed by atoms with Gasteiger partial charge < -0.3 is 9.42 Å². The maximum Gasteiger partial charge on any atom is 0.316 e. The quantitative estimate of drug-likeness (QED) is 0.657. The van der Waals surface area contributed by atoms with E-state index >= 15 is 0 Å². The van der Waals surface area contributed by atoms with Crippen LogP contribution in [0.1, 0.15) is 34.4 Å². The molecular weight excluding hydrogens is 378 g/mol. The number of likely N-dealkylation sites (tertiary alicyclic amines) is 1. The van der Waals surface area contributed by atoms with Crippen LogP contribution in [0.25, 0.3) is 0 Å². The number of amides is 1. The lowest BCUT2D eigenvalue weighted by molar-refractivity contribution is 0.0741. The van der Waals surface area contributed by atoms with Crippen LogP contribution in [0, 0.1) is 0 Å². The number of nitrogens with zero attached hydrogens (tertiary/aromatic N) is 3. The number of benzene rings is 2. The van der Waals surface area contributed by atoms with E-state index in [9.17, 15) is 13.2 Å². The van der Waals surface area contributed by atoms with Crippen LogP contribution in [-0.2, 0) is 15.6 Å². The molecule has 1 amide bonds. The molecule has 0 spiro atoms. The lowest BCUT2D eigenvalue weighted by Crippen LogP contribution is -2.28. The van der Waals surface area contributed by atoms with Crippen LogP contribution in [0.15, 0.2) is 70.1 Å². The molecule has 4 rings (SSSR count). The van der Waals surface area contributed by atoms with Crippen LogP contribution in [0.2, 0.25) is 0 Å². The van der Waals surface area contributed by atoms with Crippen molar-refractivity contribution in [2.45, 2.75) is 23.0 Å². The summed E-state index contributed by atoms with van der Waals surface area (Å²) in [5, 5.41) is 3.68. The normalized spacial score (nSPS) is 17.0. The molecule has 2 heterocycles. The molecular formula is C20H19N3O4S. The molecule has 1 aliphatic rings. The van der Waals surface area contributed by atoms with Gasteiger partial charge >= 0.3 is 11.8 Å². The Kier molecular flexibility index (Phi) is 4.95. The zero-order valence-electron chi connectivity index (χ0n) is 15.1. The van der Waals surface area contributed by atoms with Crippen LogP contribution in [-0.4, -0.2) is 42.5 Å². The third kappa shape index (κ3) is 3.82. The summed E-state index contributed by atoms with van der Waals surface area (Å²) in [6, 6.07) is 18.1. The Morgan fingerprint density at radius 2 is 1.75 bits per heavy atom. The first-order valence-electron chi connectivity index (χ1n) is 8.97. The minimum absolute atomic E-state index is 0.0222. The summed E-state index contributed by atoms with van der Waals surface area (Å²) in [6.45, 7) is 1.17. The molecule has 8 heteroatoms. The van der Waals surface area contributed by atoms with Crippen molar-refractivity contribution >= 4 is 15.7 Å². The molecule has 2 aromatic carbocycles. The van der Waals surface area contributed by atoms with Crippen molar-refractivity contribution in [3.63, 3.8) is 0 Å². The largest absolute Gasteiger partial charge is 0.334 e. The fraction of sp³-hybridized carbons (Fsp3) is 0.250. The van der Waals surface area contributed by atoms with Crippen molar-refractivity contribution in [1.29, 1.82) is 0 Å². The zero-order chi connectivity index (χ0) is 19.6. The first-order chi connectivity index (χ1) is 13.5. The fourth-order valence-electron chi connectivity index (χ4n) is 3.36. The van der Waals surface area contributed by atoms with Gasteiger partial charge in [-0.1, -0.05) is 53.7 Å². The molecule has 1 aromatic heterocycles. The predicted molar refractivity (Wildman–Crippen MR) is 101 cm³/mol. The van der Waals surface area contributed by atoms with E-state index in [2.05, 4.69) is 22.3 Å². The van der Waals surface area contributed by atoms with Crippen LogP contribution >= 0.6 is 0 Å². The van der Waals surface area contributed by atoms with Gasteiger partial charge in [-0.15, -0.1) is 0 Å². The summed E-state index contributed by atoms with van der Waals surface area (Å²) in [5.41, 5.74) is 1.19. The molecule has 1 saturated heterocycles. The predicted octanol–water partition coefficient (Wildman–Crippen LogP) is 2.67. The van der Waals surface area contributed by atoms with Crippen LogP contribution in [0.5, 0.6) is 0 Å². The maximum absolute atomic E-state index is 12.7. The van der Waals surface area contributed by atoms with E-state index in [0.717, 1.165) is 6.42 Å². The average molecular weight is 397 g/mol. The van der Waals surface area contributed by atoms with Crippen molar-refractivity contribution in [3.8, 4) is 0 Å². The Labute approximate surface area is 162 Å². The third-order valence-electron chi connectivity index (χ3n) is 4.82. The van der Waals surface area contributed by atoms with Crippen molar-refractivity contribution in [2.75, 3.05) is 13.1 Å². The van der Waals surface area contributed by atoms with Gasteiger partial charge in [0.2, 0.25) is 0 Å². The molecule has 144 valence electrons. The maximum atomic E-state index is 12.7.